The van der Waals surface area contributed by atoms with E-state index in [-0.39, 0.29) is 11.4 Å². The summed E-state index contributed by atoms with van der Waals surface area (Å²) in [5.74, 6) is 1.95. The Morgan fingerprint density at radius 3 is 1.84 bits per heavy atom. The van der Waals surface area contributed by atoms with Crippen molar-refractivity contribution in [3.05, 3.63) is 42.0 Å². The molecule has 0 aliphatic rings. The lowest BCUT2D eigenvalue weighted by Crippen LogP contribution is -2.23. The molecule has 25 heavy (non-hydrogen) atoms. The van der Waals surface area contributed by atoms with Crippen LogP contribution >= 0.6 is 0 Å². The number of hydrogen-bond acceptors (Lipinski definition) is 6. The summed E-state index contributed by atoms with van der Waals surface area (Å²) >= 11 is 0. The Balaban J connectivity index is 2.21. The molecule has 0 aromatic heterocycles. The van der Waals surface area contributed by atoms with Crippen LogP contribution in [0.4, 0.5) is 0 Å². The van der Waals surface area contributed by atoms with Crippen LogP contribution in [0.1, 0.15) is 5.56 Å². The average Bonchev–Trinajstić information content (AvgIpc) is 2.65. The lowest BCUT2D eigenvalue weighted by Gasteiger charge is -2.14. The number of benzene rings is 2. The molecule has 0 saturated heterocycles. The van der Waals surface area contributed by atoms with E-state index in [1.807, 2.05) is 0 Å². The molecule has 0 aliphatic carbocycles. The van der Waals surface area contributed by atoms with Gasteiger partial charge in [-0.05, 0) is 42.0 Å². The summed E-state index contributed by atoms with van der Waals surface area (Å²) in [6.07, 6.45) is 0. The third-order valence-electron chi connectivity index (χ3n) is 3.56. The Kier molecular flexibility index (Phi) is 6.11. The molecule has 0 atom stereocenters. The minimum Gasteiger partial charge on any atom is -0.497 e. The van der Waals surface area contributed by atoms with Crippen LogP contribution in [-0.2, 0) is 16.6 Å². The normalized spacial score (nSPS) is 11.0. The number of sulfonamides is 1. The van der Waals surface area contributed by atoms with Gasteiger partial charge in [-0.1, -0.05) is 0 Å². The molecular weight excluding hydrogens is 346 g/mol. The lowest BCUT2D eigenvalue weighted by molar-refractivity contribution is 0.323. The van der Waals surface area contributed by atoms with Gasteiger partial charge >= 0.3 is 0 Å². The molecule has 136 valence electrons. The zero-order valence-electron chi connectivity index (χ0n) is 14.5. The summed E-state index contributed by atoms with van der Waals surface area (Å²) in [4.78, 5) is 0.153. The molecule has 0 bridgehead atoms. The molecular formula is C17H21NO6S. The van der Waals surface area contributed by atoms with Gasteiger partial charge in [-0.2, -0.15) is 0 Å². The van der Waals surface area contributed by atoms with E-state index < -0.39 is 10.0 Å². The van der Waals surface area contributed by atoms with Gasteiger partial charge in [-0.15, -0.1) is 0 Å². The summed E-state index contributed by atoms with van der Waals surface area (Å²) in [6, 6.07) is 9.53. The molecule has 0 radical (unpaired) electrons. The first-order valence-electron chi connectivity index (χ1n) is 7.37. The molecule has 8 heteroatoms. The molecule has 2 aromatic rings. The van der Waals surface area contributed by atoms with E-state index in [0.717, 1.165) is 0 Å². The minimum absolute atomic E-state index is 0.0745. The van der Waals surface area contributed by atoms with Crippen LogP contribution in [0, 0.1) is 0 Å². The second-order valence-electron chi connectivity index (χ2n) is 5.03. The Labute approximate surface area is 147 Å². The quantitative estimate of drug-likeness (QED) is 0.770. The molecule has 2 aromatic carbocycles. The minimum atomic E-state index is -3.66. The summed E-state index contributed by atoms with van der Waals surface area (Å²) < 4.78 is 48.2. The van der Waals surface area contributed by atoms with Crippen LogP contribution in [0.15, 0.2) is 41.3 Å². The smallest absolute Gasteiger partial charge is 0.240 e. The Morgan fingerprint density at radius 1 is 0.840 bits per heavy atom. The van der Waals surface area contributed by atoms with E-state index >= 15 is 0 Å². The van der Waals surface area contributed by atoms with Crippen molar-refractivity contribution < 1.29 is 27.4 Å². The number of nitrogens with one attached hydrogen (secondary N) is 1. The van der Waals surface area contributed by atoms with Crippen molar-refractivity contribution in [1.82, 2.24) is 4.72 Å². The third kappa shape index (κ3) is 4.34. The van der Waals surface area contributed by atoms with E-state index in [2.05, 4.69) is 4.72 Å². The molecule has 0 saturated carbocycles. The highest BCUT2D eigenvalue weighted by Crippen LogP contribution is 2.38. The summed E-state index contributed by atoms with van der Waals surface area (Å²) in [7, 11) is 2.37. The average molecular weight is 367 g/mol. The fourth-order valence-corrected chi connectivity index (χ4v) is 3.27. The van der Waals surface area contributed by atoms with Gasteiger partial charge in [-0.3, -0.25) is 0 Å². The first kappa shape index (κ1) is 18.9. The maximum atomic E-state index is 12.4. The first-order chi connectivity index (χ1) is 11.9. The fraction of sp³-hybridized carbons (Fsp3) is 0.294. The van der Waals surface area contributed by atoms with Crippen LogP contribution in [0.5, 0.6) is 23.0 Å². The highest BCUT2D eigenvalue weighted by molar-refractivity contribution is 7.89. The SMILES string of the molecule is COc1ccc(S(=O)(=O)NCc2cc(OC)c(OC)c(OC)c2)cc1. The van der Waals surface area contributed by atoms with Gasteiger partial charge in [0.2, 0.25) is 15.8 Å². The van der Waals surface area contributed by atoms with Crippen LogP contribution in [0.2, 0.25) is 0 Å². The molecule has 0 fully saturated rings. The maximum Gasteiger partial charge on any atom is 0.240 e. The van der Waals surface area contributed by atoms with Crippen molar-refractivity contribution in [2.45, 2.75) is 11.4 Å². The predicted octanol–water partition coefficient (Wildman–Crippen LogP) is 2.20. The number of hydrogen-bond donors (Lipinski definition) is 1. The van der Waals surface area contributed by atoms with E-state index in [1.54, 1.807) is 24.3 Å². The van der Waals surface area contributed by atoms with E-state index in [4.69, 9.17) is 18.9 Å². The van der Waals surface area contributed by atoms with Crippen LogP contribution in [-0.4, -0.2) is 36.9 Å². The van der Waals surface area contributed by atoms with Crippen LogP contribution in [0.25, 0.3) is 0 Å². The van der Waals surface area contributed by atoms with Crippen molar-refractivity contribution in [2.75, 3.05) is 28.4 Å². The second kappa shape index (κ2) is 8.09. The van der Waals surface area contributed by atoms with Gasteiger partial charge in [0.15, 0.2) is 11.5 Å². The number of ether oxygens (including phenoxy) is 4. The van der Waals surface area contributed by atoms with Gasteiger partial charge in [0, 0.05) is 6.54 Å². The van der Waals surface area contributed by atoms with Crippen molar-refractivity contribution in [3.8, 4) is 23.0 Å². The van der Waals surface area contributed by atoms with Gasteiger partial charge < -0.3 is 18.9 Å². The highest BCUT2D eigenvalue weighted by Gasteiger charge is 2.17. The highest BCUT2D eigenvalue weighted by atomic mass is 32.2. The zero-order valence-corrected chi connectivity index (χ0v) is 15.3. The monoisotopic (exact) mass is 367 g/mol. The molecule has 2 rings (SSSR count). The van der Waals surface area contributed by atoms with Gasteiger partial charge in [0.1, 0.15) is 5.75 Å². The van der Waals surface area contributed by atoms with Gasteiger partial charge in [0.05, 0.1) is 33.3 Å². The van der Waals surface area contributed by atoms with Gasteiger partial charge in [-0.25, -0.2) is 13.1 Å². The topological polar surface area (TPSA) is 83.1 Å². The molecule has 0 unspecified atom stereocenters. The Bertz CT molecular complexity index is 793. The molecule has 0 spiro atoms. The van der Waals surface area contributed by atoms with Crippen molar-refractivity contribution >= 4 is 10.0 Å². The third-order valence-corrected chi connectivity index (χ3v) is 4.98. The standard InChI is InChI=1S/C17H21NO6S/c1-21-13-5-7-14(8-6-13)25(19,20)18-11-12-9-15(22-2)17(24-4)16(10-12)23-3/h5-10,18H,11H2,1-4H3. The fourth-order valence-electron chi connectivity index (χ4n) is 2.25. The summed E-state index contributed by atoms with van der Waals surface area (Å²) in [5, 5.41) is 0. The lowest BCUT2D eigenvalue weighted by atomic mass is 10.2. The molecule has 0 heterocycles. The van der Waals surface area contributed by atoms with Gasteiger partial charge in [0.25, 0.3) is 0 Å². The molecule has 7 nitrogen and oxygen atoms in total. The van der Waals surface area contributed by atoms with E-state index in [1.165, 1.54) is 40.6 Å². The summed E-state index contributed by atoms with van der Waals surface area (Å²) in [5.41, 5.74) is 0.673. The summed E-state index contributed by atoms with van der Waals surface area (Å²) in [6.45, 7) is 0.0745. The molecule has 1 N–H and O–H groups in total. The van der Waals surface area contributed by atoms with Crippen molar-refractivity contribution in [3.63, 3.8) is 0 Å². The van der Waals surface area contributed by atoms with Crippen molar-refractivity contribution in [1.29, 1.82) is 0 Å². The van der Waals surface area contributed by atoms with E-state index in [0.29, 0.717) is 28.6 Å². The zero-order chi connectivity index (χ0) is 18.4. The largest absolute Gasteiger partial charge is 0.497 e. The first-order valence-corrected chi connectivity index (χ1v) is 8.86. The van der Waals surface area contributed by atoms with Crippen LogP contribution in [0.3, 0.4) is 0 Å². The molecule has 0 aliphatic heterocycles. The molecule has 0 amide bonds. The van der Waals surface area contributed by atoms with Crippen molar-refractivity contribution in [2.24, 2.45) is 0 Å². The predicted molar refractivity (Wildman–Crippen MR) is 93.1 cm³/mol. The number of rotatable bonds is 8. The second-order valence-corrected chi connectivity index (χ2v) is 6.80. The van der Waals surface area contributed by atoms with Crippen LogP contribution < -0.4 is 23.7 Å². The van der Waals surface area contributed by atoms with E-state index in [9.17, 15) is 8.42 Å². The Hall–Kier alpha value is -2.45. The Morgan fingerprint density at radius 2 is 1.40 bits per heavy atom. The number of methoxy groups -OCH3 is 4. The maximum absolute atomic E-state index is 12.4.